The predicted octanol–water partition coefficient (Wildman–Crippen LogP) is 4.19. The number of nitrogens with one attached hydrogen (secondary N) is 2. The molecular weight excluding hydrogens is 650 g/mol. The summed E-state index contributed by atoms with van der Waals surface area (Å²) in [5.41, 5.74) is 1.57. The second kappa shape index (κ2) is 13.5. The number of ether oxygens (including phenoxy) is 1. The summed E-state index contributed by atoms with van der Waals surface area (Å²) in [6.07, 6.45) is 5.63. The predicted molar refractivity (Wildman–Crippen MR) is 175 cm³/mol. The quantitative estimate of drug-likeness (QED) is 0.200. The smallest absolute Gasteiger partial charge is 0.284 e. The van der Waals surface area contributed by atoms with Crippen molar-refractivity contribution in [2.45, 2.75) is 6.54 Å². The highest BCUT2D eigenvalue weighted by Gasteiger charge is 2.26. The van der Waals surface area contributed by atoms with Crippen molar-refractivity contribution in [3.8, 4) is 17.2 Å². The first-order chi connectivity index (χ1) is 22.7. The number of aromatic amines is 1. The van der Waals surface area contributed by atoms with Gasteiger partial charge in [-0.05, 0) is 54.6 Å². The fourth-order valence-corrected chi connectivity index (χ4v) is 4.84. The van der Waals surface area contributed by atoms with E-state index in [-0.39, 0.29) is 23.5 Å². The maximum Gasteiger partial charge on any atom is 0.284 e. The van der Waals surface area contributed by atoms with Crippen LogP contribution in [0.2, 0.25) is 0 Å². The summed E-state index contributed by atoms with van der Waals surface area (Å²) in [5.74, 6) is -1.55. The Labute approximate surface area is 272 Å². The molecule has 14 nitrogen and oxygen atoms in total. The molecule has 1 amide bonds. The number of amides is 1. The summed E-state index contributed by atoms with van der Waals surface area (Å²) >= 11 is 0. The van der Waals surface area contributed by atoms with Gasteiger partial charge < -0.3 is 15.0 Å². The number of benzene rings is 3. The van der Waals surface area contributed by atoms with Crippen molar-refractivity contribution in [2.24, 2.45) is 7.05 Å². The van der Waals surface area contributed by atoms with Crippen molar-refractivity contribution in [1.29, 1.82) is 0 Å². The Morgan fingerprint density at radius 2 is 1.79 bits per heavy atom. The molecule has 0 saturated carbocycles. The first-order valence-electron chi connectivity index (χ1n) is 14.1. The molecule has 6 rings (SSSR count). The van der Waals surface area contributed by atoms with Crippen LogP contribution in [0.3, 0.4) is 0 Å². The number of rotatable bonds is 8. The van der Waals surface area contributed by atoms with Crippen molar-refractivity contribution < 1.29 is 31.3 Å². The van der Waals surface area contributed by atoms with Gasteiger partial charge in [0.1, 0.15) is 11.4 Å². The zero-order valence-electron chi connectivity index (χ0n) is 26.0. The molecule has 0 unspecified atom stereocenters. The lowest BCUT2D eigenvalue weighted by Crippen LogP contribution is -2.25. The number of carbonyl (C=O) groups is 1. The van der Waals surface area contributed by atoms with Gasteiger partial charge in [0, 0.05) is 50.7 Å². The number of anilines is 2. The highest BCUT2D eigenvalue weighted by molar-refractivity contribution is 7.85. The van der Waals surface area contributed by atoms with Crippen molar-refractivity contribution in [2.75, 3.05) is 30.6 Å². The zero-order valence-corrected chi connectivity index (χ0v) is 26.9. The average molecular weight is 681 g/mol. The summed E-state index contributed by atoms with van der Waals surface area (Å²) in [7, 11) is 1.64. The number of carbonyl (C=O) groups excluding carboxylic acids is 1. The molecule has 3 aromatic heterocycles. The van der Waals surface area contributed by atoms with E-state index >= 15 is 4.39 Å². The number of aromatic nitrogens is 6. The lowest BCUT2D eigenvalue weighted by atomic mass is 10.2. The zero-order chi connectivity index (χ0) is 34.7. The Hall–Kier alpha value is -5.81. The van der Waals surface area contributed by atoms with Crippen LogP contribution in [0.4, 0.5) is 20.2 Å². The van der Waals surface area contributed by atoms with E-state index in [0.29, 0.717) is 29.1 Å². The molecule has 0 bridgehead atoms. The van der Waals surface area contributed by atoms with Crippen LogP contribution in [0.5, 0.6) is 11.5 Å². The lowest BCUT2D eigenvalue weighted by molar-refractivity contribution is 0.102. The van der Waals surface area contributed by atoms with E-state index in [9.17, 15) is 22.4 Å². The highest BCUT2D eigenvalue weighted by atomic mass is 32.2. The highest BCUT2D eigenvalue weighted by Crippen LogP contribution is 2.36. The Bertz CT molecular complexity index is 2250. The molecule has 3 N–H and O–H groups in total. The molecule has 17 heteroatoms. The van der Waals surface area contributed by atoms with Crippen LogP contribution < -0.4 is 20.5 Å². The van der Waals surface area contributed by atoms with Crippen LogP contribution in [-0.4, -0.2) is 68.6 Å². The van der Waals surface area contributed by atoms with Crippen LogP contribution in [0.1, 0.15) is 16.1 Å². The minimum atomic E-state index is -3.67. The molecule has 48 heavy (non-hydrogen) atoms. The molecule has 6 aromatic rings. The normalized spacial score (nSPS) is 11.2. The van der Waals surface area contributed by atoms with Crippen LogP contribution in [0, 0.1) is 11.6 Å². The third-order valence-electron chi connectivity index (χ3n) is 6.97. The van der Waals surface area contributed by atoms with Gasteiger partial charge in [-0.25, -0.2) is 13.5 Å². The molecule has 0 atom stereocenters. The maximum absolute atomic E-state index is 15.3. The number of halogens is 2. The van der Waals surface area contributed by atoms with E-state index in [1.165, 1.54) is 45.8 Å². The minimum Gasteiger partial charge on any atom is -0.452 e. The number of nitrogens with zero attached hydrogens (tertiary/aromatic N) is 6. The largest absolute Gasteiger partial charge is 0.452 e. The average Bonchev–Trinajstić information content (AvgIpc) is 3.74. The van der Waals surface area contributed by atoms with E-state index < -0.39 is 33.2 Å². The van der Waals surface area contributed by atoms with Gasteiger partial charge in [-0.3, -0.25) is 28.6 Å². The number of hydrogen-bond acceptors (Lipinski definition) is 8. The molecule has 0 saturated heterocycles. The number of H-pyrrole nitrogens is 1. The van der Waals surface area contributed by atoms with E-state index in [2.05, 4.69) is 20.6 Å². The molecule has 3 aromatic carbocycles. The Kier molecular flexibility index (Phi) is 9.44. The molecule has 0 fully saturated rings. The monoisotopic (exact) mass is 680 g/mol. The minimum absolute atomic E-state index is 0.0540. The summed E-state index contributed by atoms with van der Waals surface area (Å²) in [5, 5.41) is 14.5. The van der Waals surface area contributed by atoms with Gasteiger partial charge in [0.05, 0.1) is 41.6 Å². The second-order valence-electron chi connectivity index (χ2n) is 10.7. The van der Waals surface area contributed by atoms with Crippen molar-refractivity contribution in [3.05, 3.63) is 112 Å². The molecule has 0 aliphatic carbocycles. The molecule has 3 heterocycles. The summed E-state index contributed by atoms with van der Waals surface area (Å²) in [6, 6.07) is 14.7. The van der Waals surface area contributed by atoms with E-state index in [0.717, 1.165) is 17.0 Å². The maximum atomic E-state index is 15.3. The lowest BCUT2D eigenvalue weighted by Gasteiger charge is -2.18. The standard InChI is InChI=1S/C30H26F2N8O3.CH4O3S/c1-37(2)24-15-23-18(16-33-36-23)13-27(24)43-26-10-7-20(14-22(26)32)35-29(41)28-25(17-39-12-4-11-34-39)38(3)40(30(28)42)21-8-5-19(31)6-9-21;1-5(2,3)4/h4-16H,17H2,1-3H3,(H,33,36)(H,35,41);1H3,(H,2,3,4). The third-order valence-corrected chi connectivity index (χ3v) is 6.97. The van der Waals surface area contributed by atoms with Crippen molar-refractivity contribution >= 4 is 38.3 Å². The van der Waals surface area contributed by atoms with Crippen LogP contribution in [0.15, 0.2) is 84.0 Å². The molecule has 0 spiro atoms. The van der Waals surface area contributed by atoms with Crippen molar-refractivity contribution in [1.82, 2.24) is 29.3 Å². The SMILES string of the molecule is CN(C)c1cc2[nH]ncc2cc1Oc1ccc(NC(=O)c2c(Cn3cccn3)n(C)n(-c3ccc(F)cc3)c2=O)cc1F.CS(=O)(=O)O. The van der Waals surface area contributed by atoms with Gasteiger partial charge in [-0.2, -0.15) is 18.6 Å². The fourth-order valence-electron chi connectivity index (χ4n) is 4.84. The topological polar surface area (TPSA) is 169 Å². The van der Waals surface area contributed by atoms with Gasteiger partial charge in [0.15, 0.2) is 17.3 Å². The van der Waals surface area contributed by atoms with Gasteiger partial charge in [-0.15, -0.1) is 0 Å². The third kappa shape index (κ3) is 7.59. The summed E-state index contributed by atoms with van der Waals surface area (Å²) in [4.78, 5) is 29.0. The molecule has 0 aliphatic heterocycles. The molecule has 0 radical (unpaired) electrons. The number of fused-ring (bicyclic) bond motifs is 1. The van der Waals surface area contributed by atoms with Crippen LogP contribution in [0.25, 0.3) is 16.6 Å². The van der Waals surface area contributed by atoms with Gasteiger partial charge in [0.25, 0.3) is 21.6 Å². The first kappa shape index (κ1) is 33.6. The van der Waals surface area contributed by atoms with Gasteiger partial charge in [-0.1, -0.05) is 0 Å². The van der Waals surface area contributed by atoms with Crippen LogP contribution >= 0.6 is 0 Å². The molecule has 250 valence electrons. The van der Waals surface area contributed by atoms with Gasteiger partial charge >= 0.3 is 0 Å². The van der Waals surface area contributed by atoms with E-state index in [1.807, 2.05) is 25.1 Å². The first-order valence-corrected chi connectivity index (χ1v) is 15.9. The van der Waals surface area contributed by atoms with E-state index in [4.69, 9.17) is 9.29 Å². The summed E-state index contributed by atoms with van der Waals surface area (Å²) < 4.78 is 65.0. The van der Waals surface area contributed by atoms with E-state index in [1.54, 1.807) is 42.5 Å². The fraction of sp³-hybridized carbons (Fsp3) is 0.161. The number of hydrogen-bond donors (Lipinski definition) is 3. The van der Waals surface area contributed by atoms with Crippen molar-refractivity contribution in [3.63, 3.8) is 0 Å². The molecule has 0 aliphatic rings. The summed E-state index contributed by atoms with van der Waals surface area (Å²) in [6.45, 7) is 0.103. The van der Waals surface area contributed by atoms with Crippen LogP contribution in [-0.2, 0) is 23.7 Å². The molecular formula is C31H30F2N8O6S. The Morgan fingerprint density at radius 1 is 1.08 bits per heavy atom. The Morgan fingerprint density at radius 3 is 2.42 bits per heavy atom. The van der Waals surface area contributed by atoms with Gasteiger partial charge in [0.2, 0.25) is 0 Å². The second-order valence-corrected chi connectivity index (χ2v) is 12.2. The Balaban J connectivity index is 0.000000840.